The van der Waals surface area contributed by atoms with E-state index in [9.17, 15) is 4.79 Å². The Kier molecular flexibility index (Phi) is 6.48. The van der Waals surface area contributed by atoms with Crippen LogP contribution >= 0.6 is 46.4 Å². The minimum Gasteiger partial charge on any atom is -0.467 e. The molecule has 0 amide bonds. The number of hydrogen-bond donors (Lipinski definition) is 0. The Morgan fingerprint density at radius 2 is 2.00 bits per heavy atom. The van der Waals surface area contributed by atoms with Crippen molar-refractivity contribution in [3.8, 4) is 0 Å². The lowest BCUT2D eigenvalue weighted by Crippen LogP contribution is -2.27. The van der Waals surface area contributed by atoms with Crippen molar-refractivity contribution in [1.29, 1.82) is 0 Å². The Hall–Kier alpha value is 0.630. The van der Waals surface area contributed by atoms with E-state index in [-0.39, 0.29) is 6.42 Å². The van der Waals surface area contributed by atoms with Crippen molar-refractivity contribution in [3.05, 3.63) is 0 Å². The molecule has 0 aromatic carbocycles. The SMILES string of the molecule is COC(=O)C(Cl)(Cl)CCCC(Cl)Cl. The van der Waals surface area contributed by atoms with Crippen molar-refractivity contribution in [1.82, 2.24) is 0 Å². The van der Waals surface area contributed by atoms with Gasteiger partial charge in [-0.2, -0.15) is 0 Å². The van der Waals surface area contributed by atoms with E-state index < -0.39 is 15.1 Å². The van der Waals surface area contributed by atoms with E-state index in [1.807, 2.05) is 0 Å². The molecule has 0 fully saturated rings. The summed E-state index contributed by atoms with van der Waals surface area (Å²) in [6.07, 6.45) is 1.39. The predicted molar refractivity (Wildman–Crippen MR) is 55.8 cm³/mol. The average molecular weight is 268 g/mol. The monoisotopic (exact) mass is 266 g/mol. The average Bonchev–Trinajstić information content (AvgIpc) is 2.01. The van der Waals surface area contributed by atoms with Crippen LogP contribution in [0.3, 0.4) is 0 Å². The van der Waals surface area contributed by atoms with Gasteiger partial charge in [0.15, 0.2) is 0 Å². The second-order valence-electron chi connectivity index (χ2n) is 2.48. The fourth-order valence-electron chi connectivity index (χ4n) is 0.730. The van der Waals surface area contributed by atoms with Gasteiger partial charge in [0.1, 0.15) is 4.84 Å². The van der Waals surface area contributed by atoms with Gasteiger partial charge in [0.05, 0.1) is 7.11 Å². The lowest BCUT2D eigenvalue weighted by atomic mass is 10.2. The number of carbonyl (C=O) groups excluding carboxylic acids is 1. The first kappa shape index (κ1) is 13.6. The Morgan fingerprint density at radius 3 is 2.38 bits per heavy atom. The standard InChI is InChI=1S/C7H10Cl4O2/c1-13-6(12)7(10,11)4-2-3-5(8)9/h5H,2-4H2,1H3. The number of carbonyl (C=O) groups is 1. The van der Waals surface area contributed by atoms with Gasteiger partial charge in [-0.1, -0.05) is 23.2 Å². The summed E-state index contributed by atoms with van der Waals surface area (Å²) in [5, 5.41) is 0. The highest BCUT2D eigenvalue weighted by Crippen LogP contribution is 2.29. The molecule has 0 atom stereocenters. The predicted octanol–water partition coefficient (Wildman–Crippen LogP) is 3.31. The zero-order valence-electron chi connectivity index (χ0n) is 7.03. The van der Waals surface area contributed by atoms with E-state index in [1.54, 1.807) is 0 Å². The Labute approximate surface area is 97.4 Å². The molecule has 0 bridgehead atoms. The second kappa shape index (κ2) is 6.18. The molecule has 0 heterocycles. The van der Waals surface area contributed by atoms with Crippen LogP contribution in [-0.2, 0) is 9.53 Å². The molecule has 0 unspecified atom stereocenters. The molecule has 0 saturated heterocycles. The van der Waals surface area contributed by atoms with E-state index in [0.29, 0.717) is 12.8 Å². The van der Waals surface area contributed by atoms with Gasteiger partial charge in [0.25, 0.3) is 0 Å². The first-order valence-corrected chi connectivity index (χ1v) is 5.27. The fraction of sp³-hybridized carbons (Fsp3) is 0.857. The minimum absolute atomic E-state index is 0.277. The zero-order chi connectivity index (χ0) is 10.5. The van der Waals surface area contributed by atoms with Gasteiger partial charge in [-0.05, 0) is 19.3 Å². The van der Waals surface area contributed by atoms with Crippen LogP contribution in [0.5, 0.6) is 0 Å². The van der Waals surface area contributed by atoms with Crippen LogP contribution in [0.15, 0.2) is 0 Å². The van der Waals surface area contributed by atoms with E-state index in [1.165, 1.54) is 7.11 Å². The van der Waals surface area contributed by atoms with Crippen molar-refractivity contribution >= 4 is 52.4 Å². The lowest BCUT2D eigenvalue weighted by molar-refractivity contribution is -0.141. The molecule has 78 valence electrons. The first-order valence-electron chi connectivity index (χ1n) is 3.64. The summed E-state index contributed by atoms with van der Waals surface area (Å²) in [6.45, 7) is 0. The van der Waals surface area contributed by atoms with Crippen LogP contribution in [0.1, 0.15) is 19.3 Å². The fourth-order valence-corrected chi connectivity index (χ4v) is 1.46. The normalized spacial score (nSPS) is 11.8. The molecular weight excluding hydrogens is 258 g/mol. The number of rotatable bonds is 5. The van der Waals surface area contributed by atoms with Crippen LogP contribution in [-0.4, -0.2) is 22.2 Å². The van der Waals surface area contributed by atoms with Crippen LogP contribution in [0.25, 0.3) is 0 Å². The molecular formula is C7H10Cl4O2. The van der Waals surface area contributed by atoms with Gasteiger partial charge in [-0.25, -0.2) is 4.79 Å². The Bertz CT molecular complexity index is 170. The van der Waals surface area contributed by atoms with E-state index in [2.05, 4.69) is 4.74 Å². The molecule has 0 rings (SSSR count). The highest BCUT2D eigenvalue weighted by molar-refractivity contribution is 6.57. The third-order valence-corrected chi connectivity index (χ3v) is 2.52. The maximum Gasteiger partial charge on any atom is 0.342 e. The topological polar surface area (TPSA) is 26.3 Å². The third kappa shape index (κ3) is 5.84. The van der Waals surface area contributed by atoms with E-state index in [4.69, 9.17) is 46.4 Å². The number of hydrogen-bond acceptors (Lipinski definition) is 2. The summed E-state index contributed by atoms with van der Waals surface area (Å²) < 4.78 is 2.92. The van der Waals surface area contributed by atoms with Gasteiger partial charge in [-0.15, -0.1) is 23.2 Å². The molecule has 0 aromatic heterocycles. The number of halogens is 4. The first-order chi connectivity index (χ1) is 5.90. The highest BCUT2D eigenvalue weighted by atomic mass is 35.5. The summed E-state index contributed by atoms with van der Waals surface area (Å²) in [7, 11) is 1.23. The van der Waals surface area contributed by atoms with Crippen molar-refractivity contribution in [2.45, 2.75) is 28.4 Å². The Balaban J connectivity index is 3.82. The molecule has 0 aromatic rings. The van der Waals surface area contributed by atoms with Crippen molar-refractivity contribution < 1.29 is 9.53 Å². The largest absolute Gasteiger partial charge is 0.467 e. The van der Waals surface area contributed by atoms with Crippen LogP contribution in [0.4, 0.5) is 0 Å². The maximum atomic E-state index is 11.0. The summed E-state index contributed by atoms with van der Waals surface area (Å²) in [6, 6.07) is 0. The van der Waals surface area contributed by atoms with Gasteiger partial charge in [0, 0.05) is 0 Å². The summed E-state index contributed by atoms with van der Waals surface area (Å²) in [4.78, 5) is 10.5. The zero-order valence-corrected chi connectivity index (χ0v) is 10.1. The van der Waals surface area contributed by atoms with Gasteiger partial charge < -0.3 is 4.74 Å². The summed E-state index contributed by atoms with van der Waals surface area (Å²) in [5.74, 6) is -0.656. The number of ether oxygens (including phenoxy) is 1. The molecule has 0 radical (unpaired) electrons. The Morgan fingerprint density at radius 1 is 1.46 bits per heavy atom. The van der Waals surface area contributed by atoms with Crippen molar-refractivity contribution in [2.24, 2.45) is 0 Å². The number of methoxy groups -OCH3 is 1. The quantitative estimate of drug-likeness (QED) is 0.564. The lowest BCUT2D eigenvalue weighted by Gasteiger charge is -2.16. The molecule has 13 heavy (non-hydrogen) atoms. The van der Waals surface area contributed by atoms with E-state index in [0.717, 1.165) is 0 Å². The van der Waals surface area contributed by atoms with Crippen LogP contribution in [0, 0.1) is 0 Å². The van der Waals surface area contributed by atoms with E-state index >= 15 is 0 Å². The van der Waals surface area contributed by atoms with Gasteiger partial charge in [0.2, 0.25) is 4.33 Å². The molecule has 0 N–H and O–H groups in total. The van der Waals surface area contributed by atoms with Gasteiger partial charge in [-0.3, -0.25) is 0 Å². The summed E-state index contributed by atoms with van der Waals surface area (Å²) >= 11 is 22.3. The minimum atomic E-state index is -1.49. The maximum absolute atomic E-state index is 11.0. The number of alkyl halides is 4. The number of esters is 1. The van der Waals surface area contributed by atoms with Crippen molar-refractivity contribution in [2.75, 3.05) is 7.11 Å². The molecule has 0 spiro atoms. The molecule has 0 saturated carbocycles. The molecule has 6 heteroatoms. The molecule has 2 nitrogen and oxygen atoms in total. The molecule has 0 aliphatic heterocycles. The van der Waals surface area contributed by atoms with Crippen molar-refractivity contribution in [3.63, 3.8) is 0 Å². The van der Waals surface area contributed by atoms with Crippen LogP contribution < -0.4 is 0 Å². The smallest absolute Gasteiger partial charge is 0.342 e. The summed E-state index contributed by atoms with van der Waals surface area (Å²) in [5.41, 5.74) is 0. The molecule has 0 aliphatic carbocycles. The van der Waals surface area contributed by atoms with Crippen LogP contribution in [0.2, 0.25) is 0 Å². The third-order valence-electron chi connectivity index (χ3n) is 1.40. The highest BCUT2D eigenvalue weighted by Gasteiger charge is 2.34. The second-order valence-corrected chi connectivity index (χ2v) is 5.24. The molecule has 0 aliphatic rings. The van der Waals surface area contributed by atoms with Gasteiger partial charge >= 0.3 is 5.97 Å².